The lowest BCUT2D eigenvalue weighted by Gasteiger charge is -2.28. The number of benzene rings is 1. The molecule has 1 amide bonds. The summed E-state index contributed by atoms with van der Waals surface area (Å²) in [6, 6.07) is 7.57. The van der Waals surface area contributed by atoms with Crippen molar-refractivity contribution in [2.45, 2.75) is 38.8 Å². The average Bonchev–Trinajstić information content (AvgIpc) is 3.31. The lowest BCUT2D eigenvalue weighted by atomic mass is 10.2. The van der Waals surface area contributed by atoms with E-state index in [4.69, 9.17) is 16.3 Å². The molecule has 3 rings (SSSR count). The molecule has 156 valence electrons. The minimum absolute atomic E-state index is 0. The molecule has 2 aromatic rings. The Kier molecular flexibility index (Phi) is 11.2. The van der Waals surface area contributed by atoms with Gasteiger partial charge in [0.1, 0.15) is 17.4 Å². The first kappa shape index (κ1) is 25.0. The number of hydrogen-bond donors (Lipinski definition) is 1. The van der Waals surface area contributed by atoms with Gasteiger partial charge in [-0.15, -0.1) is 36.2 Å². The topological polar surface area (TPSA) is 54.5 Å². The van der Waals surface area contributed by atoms with E-state index in [0.717, 1.165) is 48.9 Å². The van der Waals surface area contributed by atoms with Crippen molar-refractivity contribution in [3.05, 3.63) is 45.4 Å². The van der Waals surface area contributed by atoms with Gasteiger partial charge >= 0.3 is 0 Å². The SMILES string of the molecule is CCCN(C(=O)Cc1csc(COc2ccc(Cl)cc2)n1)C1CCNC1.Cl.Cl. The number of carbonyl (C=O) groups excluding carboxylic acids is 1. The zero-order valence-corrected chi connectivity index (χ0v) is 18.9. The molecule has 1 saturated heterocycles. The summed E-state index contributed by atoms with van der Waals surface area (Å²) in [5, 5.41) is 6.84. The van der Waals surface area contributed by atoms with Crippen LogP contribution in [0.1, 0.15) is 30.5 Å². The molecule has 1 aliphatic rings. The molecule has 2 heterocycles. The van der Waals surface area contributed by atoms with Gasteiger partial charge in [-0.05, 0) is 43.7 Å². The van der Waals surface area contributed by atoms with Gasteiger partial charge in [0, 0.05) is 29.5 Å². The number of aromatic nitrogens is 1. The molecule has 1 N–H and O–H groups in total. The van der Waals surface area contributed by atoms with Gasteiger partial charge in [0.25, 0.3) is 0 Å². The van der Waals surface area contributed by atoms with Crippen LogP contribution in [-0.4, -0.2) is 41.5 Å². The molecule has 1 unspecified atom stereocenters. The van der Waals surface area contributed by atoms with Crippen molar-refractivity contribution in [2.75, 3.05) is 19.6 Å². The fraction of sp³-hybridized carbons (Fsp3) is 0.474. The highest BCUT2D eigenvalue weighted by molar-refractivity contribution is 7.09. The molecular formula is C19H26Cl3N3O2S. The van der Waals surface area contributed by atoms with Crippen molar-refractivity contribution >= 4 is 53.7 Å². The maximum atomic E-state index is 12.7. The van der Waals surface area contributed by atoms with Gasteiger partial charge in [0.15, 0.2) is 0 Å². The number of hydrogen-bond acceptors (Lipinski definition) is 5. The maximum Gasteiger partial charge on any atom is 0.228 e. The van der Waals surface area contributed by atoms with Crippen LogP contribution in [0.4, 0.5) is 0 Å². The van der Waals surface area contributed by atoms with Crippen molar-refractivity contribution in [1.29, 1.82) is 0 Å². The van der Waals surface area contributed by atoms with Gasteiger partial charge in [-0.25, -0.2) is 4.98 Å². The van der Waals surface area contributed by atoms with Crippen molar-refractivity contribution in [3.63, 3.8) is 0 Å². The molecule has 5 nitrogen and oxygen atoms in total. The van der Waals surface area contributed by atoms with E-state index in [1.54, 1.807) is 12.1 Å². The van der Waals surface area contributed by atoms with Crippen LogP contribution in [0.25, 0.3) is 0 Å². The van der Waals surface area contributed by atoms with Crippen LogP contribution >= 0.6 is 47.8 Å². The highest BCUT2D eigenvalue weighted by atomic mass is 35.5. The summed E-state index contributed by atoms with van der Waals surface area (Å²) < 4.78 is 5.72. The second-order valence-corrected chi connectivity index (χ2v) is 7.76. The fourth-order valence-corrected chi connectivity index (χ4v) is 3.92. The van der Waals surface area contributed by atoms with E-state index in [1.165, 1.54) is 11.3 Å². The molecule has 0 radical (unpaired) electrons. The second-order valence-electron chi connectivity index (χ2n) is 6.39. The summed E-state index contributed by atoms with van der Waals surface area (Å²) in [5.74, 6) is 0.918. The quantitative estimate of drug-likeness (QED) is 0.628. The van der Waals surface area contributed by atoms with Crippen LogP contribution < -0.4 is 10.1 Å². The summed E-state index contributed by atoms with van der Waals surface area (Å²) >= 11 is 7.40. The molecule has 0 saturated carbocycles. The van der Waals surface area contributed by atoms with Crippen LogP contribution in [0.2, 0.25) is 5.02 Å². The molecule has 0 bridgehead atoms. The number of carbonyl (C=O) groups is 1. The van der Waals surface area contributed by atoms with E-state index in [1.807, 2.05) is 22.4 Å². The molecule has 1 aromatic carbocycles. The first-order valence-electron chi connectivity index (χ1n) is 8.97. The number of halogens is 3. The smallest absolute Gasteiger partial charge is 0.228 e. The zero-order valence-electron chi connectivity index (χ0n) is 15.7. The predicted molar refractivity (Wildman–Crippen MR) is 119 cm³/mol. The summed E-state index contributed by atoms with van der Waals surface area (Å²) in [7, 11) is 0. The van der Waals surface area contributed by atoms with Crippen molar-refractivity contribution in [1.82, 2.24) is 15.2 Å². The van der Waals surface area contributed by atoms with E-state index in [2.05, 4.69) is 17.2 Å². The Bertz CT molecular complexity index is 721. The van der Waals surface area contributed by atoms with Crippen LogP contribution in [0, 0.1) is 0 Å². The molecule has 0 aliphatic carbocycles. The van der Waals surface area contributed by atoms with Crippen molar-refractivity contribution in [2.24, 2.45) is 0 Å². The Morgan fingerprint density at radius 2 is 2.11 bits per heavy atom. The first-order chi connectivity index (χ1) is 12.7. The minimum Gasteiger partial charge on any atom is -0.486 e. The van der Waals surface area contributed by atoms with Gasteiger partial charge in [-0.1, -0.05) is 18.5 Å². The number of nitrogens with zero attached hydrogens (tertiary/aromatic N) is 2. The van der Waals surface area contributed by atoms with Crippen LogP contribution in [-0.2, 0) is 17.8 Å². The molecule has 28 heavy (non-hydrogen) atoms. The highest BCUT2D eigenvalue weighted by Crippen LogP contribution is 2.19. The number of ether oxygens (including phenoxy) is 1. The van der Waals surface area contributed by atoms with E-state index < -0.39 is 0 Å². The minimum atomic E-state index is 0. The first-order valence-corrected chi connectivity index (χ1v) is 10.2. The highest BCUT2D eigenvalue weighted by Gasteiger charge is 2.26. The third-order valence-electron chi connectivity index (χ3n) is 4.37. The van der Waals surface area contributed by atoms with Gasteiger partial charge in [-0.3, -0.25) is 4.79 Å². The van der Waals surface area contributed by atoms with Gasteiger partial charge in [0.2, 0.25) is 5.91 Å². The third kappa shape index (κ3) is 7.08. The Hall–Kier alpha value is -1.05. The molecule has 0 spiro atoms. The third-order valence-corrected chi connectivity index (χ3v) is 5.49. The normalized spacial score (nSPS) is 15.4. The van der Waals surface area contributed by atoms with Crippen LogP contribution in [0.15, 0.2) is 29.6 Å². The van der Waals surface area contributed by atoms with E-state index in [0.29, 0.717) is 24.1 Å². The van der Waals surface area contributed by atoms with Gasteiger partial charge < -0.3 is 15.0 Å². The average molecular weight is 467 g/mol. The monoisotopic (exact) mass is 465 g/mol. The Morgan fingerprint density at radius 1 is 1.36 bits per heavy atom. The molecule has 1 atom stereocenters. The molecule has 1 aromatic heterocycles. The molecular weight excluding hydrogens is 441 g/mol. The standard InChI is InChI=1S/C19H24ClN3O2S.2ClH/c1-2-9-23(16-7-8-21-11-16)19(24)10-15-13-26-18(22-15)12-25-17-5-3-14(20)4-6-17;;/h3-6,13,16,21H,2,7-12H2,1H3;2*1H. The van der Waals surface area contributed by atoms with E-state index in [9.17, 15) is 4.79 Å². The Morgan fingerprint density at radius 3 is 2.75 bits per heavy atom. The van der Waals surface area contributed by atoms with Crippen LogP contribution in [0.3, 0.4) is 0 Å². The lowest BCUT2D eigenvalue weighted by Crippen LogP contribution is -2.42. The Labute approximate surface area is 187 Å². The summed E-state index contributed by atoms with van der Waals surface area (Å²) in [4.78, 5) is 19.3. The predicted octanol–water partition coefficient (Wildman–Crippen LogP) is 4.36. The molecule has 1 fully saturated rings. The zero-order chi connectivity index (χ0) is 18.4. The number of thiazole rings is 1. The largest absolute Gasteiger partial charge is 0.486 e. The van der Waals surface area contributed by atoms with Crippen molar-refractivity contribution < 1.29 is 9.53 Å². The number of amides is 1. The second kappa shape index (κ2) is 12.5. The Balaban J connectivity index is 0.00000196. The lowest BCUT2D eigenvalue weighted by molar-refractivity contribution is -0.132. The fourth-order valence-electron chi connectivity index (χ4n) is 3.09. The summed E-state index contributed by atoms with van der Waals surface area (Å²) in [5.41, 5.74) is 0.821. The van der Waals surface area contributed by atoms with Gasteiger partial charge in [0.05, 0.1) is 12.1 Å². The van der Waals surface area contributed by atoms with Crippen molar-refractivity contribution in [3.8, 4) is 5.75 Å². The van der Waals surface area contributed by atoms with Crippen LogP contribution in [0.5, 0.6) is 5.75 Å². The summed E-state index contributed by atoms with van der Waals surface area (Å²) in [6.45, 7) is 5.19. The van der Waals surface area contributed by atoms with E-state index in [-0.39, 0.29) is 30.7 Å². The molecule has 9 heteroatoms. The number of rotatable bonds is 8. The van der Waals surface area contributed by atoms with Gasteiger partial charge in [-0.2, -0.15) is 0 Å². The van der Waals surface area contributed by atoms with E-state index >= 15 is 0 Å². The molecule has 1 aliphatic heterocycles. The summed E-state index contributed by atoms with van der Waals surface area (Å²) in [6.07, 6.45) is 2.36. The maximum absolute atomic E-state index is 12.7. The number of nitrogens with one attached hydrogen (secondary N) is 1.